The van der Waals surface area contributed by atoms with Gasteiger partial charge in [0.25, 0.3) is 11.8 Å². The molecule has 53 heavy (non-hydrogen) atoms. The average Bonchev–Trinajstić information content (AvgIpc) is 3.17. The second-order valence-electron chi connectivity index (χ2n) is 12.9. The average molecular weight is 725 g/mol. The quantitative estimate of drug-likeness (QED) is 0.171. The summed E-state index contributed by atoms with van der Waals surface area (Å²) in [4.78, 5) is 60.2. The van der Waals surface area contributed by atoms with Gasteiger partial charge in [0.2, 0.25) is 0 Å². The molecule has 2 aromatic heterocycles. The summed E-state index contributed by atoms with van der Waals surface area (Å²) >= 11 is 0. The number of rotatable bonds is 10. The predicted molar refractivity (Wildman–Crippen MR) is 200 cm³/mol. The van der Waals surface area contributed by atoms with Gasteiger partial charge in [0, 0.05) is 36.9 Å². The van der Waals surface area contributed by atoms with Crippen molar-refractivity contribution in [2.24, 2.45) is 0 Å². The van der Waals surface area contributed by atoms with E-state index in [2.05, 4.69) is 9.97 Å². The molecule has 280 valence electrons. The summed E-state index contributed by atoms with van der Waals surface area (Å²) in [5.41, 5.74) is 3.00. The maximum absolute atomic E-state index is 13.0. The summed E-state index contributed by atoms with van der Waals surface area (Å²) in [6.45, 7) is 5.59. The van der Waals surface area contributed by atoms with Gasteiger partial charge in [-0.1, -0.05) is 19.6 Å². The van der Waals surface area contributed by atoms with E-state index in [-0.39, 0.29) is 67.2 Å². The van der Waals surface area contributed by atoms with Crippen LogP contribution in [0.5, 0.6) is 23.0 Å². The molecule has 6 rings (SSSR count). The Labute approximate surface area is 310 Å². The van der Waals surface area contributed by atoms with Crippen LogP contribution < -0.4 is 9.47 Å². The standard InChI is InChI=1S/2C20H22N2O4.CH4/c1-14-16(7-5-10-21-14)20(25)22-11-3-2-6-15(22)13-26-19-9-4-8-18(24)17(19)12-23;1-14-8-9-15(11-21-14)20(25)22-10-3-2-5-16(22)13-26-19-7-4-6-18(24)17(19)12-23;/h4-5,7-10,12,15,24H,2-3,6,11,13H2,1H3;4,6-9,11-12,16,24H,2-3,5,10,13H2,1H3;1H4/t15-;16-;/m00./s1. The third kappa shape index (κ3) is 9.97. The van der Waals surface area contributed by atoms with Gasteiger partial charge >= 0.3 is 0 Å². The Morgan fingerprint density at radius 1 is 0.736 bits per heavy atom. The van der Waals surface area contributed by atoms with Gasteiger partial charge in [-0.3, -0.25) is 29.1 Å². The molecule has 0 saturated carbocycles. The highest BCUT2D eigenvalue weighted by Gasteiger charge is 2.30. The molecule has 2 aliphatic heterocycles. The number of hydrogen-bond acceptors (Lipinski definition) is 10. The summed E-state index contributed by atoms with van der Waals surface area (Å²) in [5, 5.41) is 19.5. The number of ether oxygens (including phenoxy) is 2. The SMILES string of the molecule is C.Cc1ccc(C(=O)N2CCCC[C@H]2COc2cccc(O)c2C=O)cn1.Cc1ncccc1C(=O)N1CCCC[C@H]1COc1cccc(O)c1C=O. The number of aryl methyl sites for hydroxylation is 2. The maximum atomic E-state index is 13.0. The number of hydrogen-bond donors (Lipinski definition) is 2. The molecule has 2 aromatic carbocycles. The molecular formula is C41H48N4O8. The third-order valence-electron chi connectivity index (χ3n) is 9.36. The second kappa shape index (κ2) is 19.2. The van der Waals surface area contributed by atoms with E-state index in [1.807, 2.05) is 29.7 Å². The van der Waals surface area contributed by atoms with Crippen LogP contribution in [0.25, 0.3) is 0 Å². The lowest BCUT2D eigenvalue weighted by molar-refractivity contribution is 0.0521. The largest absolute Gasteiger partial charge is 0.507 e. The number of pyridine rings is 2. The van der Waals surface area contributed by atoms with Gasteiger partial charge < -0.3 is 29.5 Å². The molecule has 12 nitrogen and oxygen atoms in total. The van der Waals surface area contributed by atoms with Crippen molar-refractivity contribution in [3.63, 3.8) is 0 Å². The van der Waals surface area contributed by atoms with E-state index < -0.39 is 0 Å². The number of aldehydes is 2. The van der Waals surface area contributed by atoms with Crippen molar-refractivity contribution in [1.29, 1.82) is 0 Å². The molecule has 2 atom stereocenters. The Balaban J connectivity index is 0.000000232. The van der Waals surface area contributed by atoms with Crippen LogP contribution in [0, 0.1) is 13.8 Å². The minimum Gasteiger partial charge on any atom is -0.507 e. The molecule has 0 spiro atoms. The van der Waals surface area contributed by atoms with Gasteiger partial charge in [-0.15, -0.1) is 0 Å². The minimum atomic E-state index is -0.111. The van der Waals surface area contributed by atoms with Crippen molar-refractivity contribution in [3.05, 3.63) is 107 Å². The van der Waals surface area contributed by atoms with E-state index in [1.165, 1.54) is 12.1 Å². The number of aromatic nitrogens is 2. The van der Waals surface area contributed by atoms with Crippen molar-refractivity contribution in [2.75, 3.05) is 26.3 Å². The highest BCUT2D eigenvalue weighted by atomic mass is 16.5. The molecule has 4 heterocycles. The number of piperidine rings is 2. The van der Waals surface area contributed by atoms with Gasteiger partial charge in [0.1, 0.15) is 36.2 Å². The lowest BCUT2D eigenvalue weighted by Crippen LogP contribution is -2.47. The lowest BCUT2D eigenvalue weighted by Gasteiger charge is -2.36. The Morgan fingerprint density at radius 2 is 1.28 bits per heavy atom. The Morgan fingerprint density at radius 3 is 1.77 bits per heavy atom. The Hall–Kier alpha value is -5.78. The fraction of sp³-hybridized carbons (Fsp3) is 0.366. The van der Waals surface area contributed by atoms with Crippen LogP contribution in [0.3, 0.4) is 0 Å². The summed E-state index contributed by atoms with van der Waals surface area (Å²) in [6, 6.07) is 16.4. The van der Waals surface area contributed by atoms with Crippen LogP contribution in [0.2, 0.25) is 0 Å². The third-order valence-corrected chi connectivity index (χ3v) is 9.36. The molecule has 0 bridgehead atoms. The molecule has 2 amide bonds. The van der Waals surface area contributed by atoms with Crippen molar-refractivity contribution >= 4 is 24.4 Å². The molecule has 4 aromatic rings. The molecule has 0 radical (unpaired) electrons. The number of nitrogens with zero attached hydrogens (tertiary/aromatic N) is 4. The number of phenolic OH excluding ortho intramolecular Hbond substituents is 2. The molecule has 12 heteroatoms. The summed E-state index contributed by atoms with van der Waals surface area (Å²) in [6.07, 6.45) is 10.0. The van der Waals surface area contributed by atoms with Gasteiger partial charge in [-0.05, 0) is 101 Å². The fourth-order valence-corrected chi connectivity index (χ4v) is 6.43. The van der Waals surface area contributed by atoms with Gasteiger partial charge in [0.15, 0.2) is 12.6 Å². The summed E-state index contributed by atoms with van der Waals surface area (Å²) in [7, 11) is 0. The van der Waals surface area contributed by atoms with E-state index >= 15 is 0 Å². The minimum absolute atomic E-state index is 0. The van der Waals surface area contributed by atoms with Gasteiger partial charge in [-0.2, -0.15) is 0 Å². The van der Waals surface area contributed by atoms with Crippen molar-refractivity contribution < 1.29 is 38.9 Å². The van der Waals surface area contributed by atoms with Gasteiger partial charge in [0.05, 0.1) is 34.3 Å². The van der Waals surface area contributed by atoms with Crippen molar-refractivity contribution in [1.82, 2.24) is 19.8 Å². The number of phenols is 2. The molecule has 2 aliphatic rings. The lowest BCUT2D eigenvalue weighted by atomic mass is 10.0. The number of aromatic hydroxyl groups is 2. The Kier molecular flexibility index (Phi) is 14.5. The zero-order chi connectivity index (χ0) is 37.0. The molecule has 0 unspecified atom stereocenters. The van der Waals surface area contributed by atoms with Crippen LogP contribution in [-0.2, 0) is 0 Å². The van der Waals surface area contributed by atoms with E-state index in [0.717, 1.165) is 44.2 Å². The summed E-state index contributed by atoms with van der Waals surface area (Å²) < 4.78 is 11.6. The van der Waals surface area contributed by atoms with E-state index in [0.29, 0.717) is 54.0 Å². The predicted octanol–water partition coefficient (Wildman–Crippen LogP) is 6.60. The summed E-state index contributed by atoms with van der Waals surface area (Å²) in [5.74, 6) is 0.332. The van der Waals surface area contributed by atoms with Gasteiger partial charge in [-0.25, -0.2) is 0 Å². The molecule has 2 N–H and O–H groups in total. The maximum Gasteiger partial charge on any atom is 0.256 e. The highest BCUT2D eigenvalue weighted by molar-refractivity contribution is 5.95. The molecule has 2 saturated heterocycles. The first-order valence-electron chi connectivity index (χ1n) is 17.5. The molecular weight excluding hydrogens is 676 g/mol. The molecule has 0 aliphatic carbocycles. The van der Waals surface area contributed by atoms with E-state index in [9.17, 15) is 29.4 Å². The number of likely N-dealkylation sites (tertiary alicyclic amines) is 2. The first kappa shape index (κ1) is 40.0. The zero-order valence-electron chi connectivity index (χ0n) is 29.4. The number of carbonyl (C=O) groups is 4. The van der Waals surface area contributed by atoms with Crippen molar-refractivity contribution in [2.45, 2.75) is 71.9 Å². The van der Waals surface area contributed by atoms with E-state index in [1.54, 1.807) is 54.9 Å². The smallest absolute Gasteiger partial charge is 0.256 e. The number of benzene rings is 2. The topological polar surface area (TPSA) is 159 Å². The highest BCUT2D eigenvalue weighted by Crippen LogP contribution is 2.29. The second-order valence-corrected chi connectivity index (χ2v) is 12.9. The molecule has 2 fully saturated rings. The monoisotopic (exact) mass is 724 g/mol. The Bertz CT molecular complexity index is 1870. The number of amides is 2. The fourth-order valence-electron chi connectivity index (χ4n) is 6.43. The van der Waals surface area contributed by atoms with Crippen LogP contribution in [0.1, 0.15) is 98.8 Å². The zero-order valence-corrected chi connectivity index (χ0v) is 29.4. The van der Waals surface area contributed by atoms with E-state index in [4.69, 9.17) is 9.47 Å². The first-order chi connectivity index (χ1) is 25.2. The van der Waals surface area contributed by atoms with Crippen LogP contribution >= 0.6 is 0 Å². The van der Waals surface area contributed by atoms with Crippen LogP contribution in [-0.4, -0.2) is 92.8 Å². The number of carbonyl (C=O) groups excluding carboxylic acids is 4. The first-order valence-corrected chi connectivity index (χ1v) is 17.5. The van der Waals surface area contributed by atoms with Crippen LogP contribution in [0.15, 0.2) is 73.1 Å². The van der Waals surface area contributed by atoms with Crippen LogP contribution in [0.4, 0.5) is 0 Å². The van der Waals surface area contributed by atoms with Crippen molar-refractivity contribution in [3.8, 4) is 23.0 Å². The normalized spacial score (nSPS) is 16.6.